The lowest BCUT2D eigenvalue weighted by Gasteiger charge is -2.27. The van der Waals surface area contributed by atoms with Crippen molar-refractivity contribution in [2.75, 3.05) is 13.9 Å². The van der Waals surface area contributed by atoms with E-state index >= 15 is 4.39 Å². The second kappa shape index (κ2) is 12.8. The summed E-state index contributed by atoms with van der Waals surface area (Å²) >= 11 is 0. The number of halogens is 1. The minimum Gasteiger partial charge on any atom is -0.508 e. The van der Waals surface area contributed by atoms with Crippen LogP contribution < -0.4 is 4.74 Å². The van der Waals surface area contributed by atoms with E-state index in [9.17, 15) is 14.7 Å². The second-order valence-corrected chi connectivity index (χ2v) is 10.4. The topological polar surface area (TPSA) is 110 Å². The molecule has 2 heterocycles. The number of phenols is 1. The van der Waals surface area contributed by atoms with Crippen LogP contribution >= 0.6 is 0 Å². The predicted octanol–water partition coefficient (Wildman–Crippen LogP) is 5.57. The normalized spacial score (nSPS) is 26.1. The fraction of sp³-hybridized carbons (Fsp3) is 0.419. The molecule has 5 atom stereocenters. The van der Waals surface area contributed by atoms with E-state index in [0.29, 0.717) is 5.56 Å². The van der Waals surface area contributed by atoms with Crippen LogP contribution in [0.4, 0.5) is 4.39 Å². The summed E-state index contributed by atoms with van der Waals surface area (Å²) < 4.78 is 50.1. The average Bonchev–Trinajstić information content (AvgIpc) is 3.23. The van der Waals surface area contributed by atoms with Gasteiger partial charge in [-0.05, 0) is 57.0 Å². The molecule has 10 heteroatoms. The second-order valence-electron chi connectivity index (χ2n) is 10.4. The van der Waals surface area contributed by atoms with Crippen molar-refractivity contribution >= 4 is 18.0 Å². The molecular formula is C31H35FO9. The first-order valence-electron chi connectivity index (χ1n) is 13.3. The van der Waals surface area contributed by atoms with Gasteiger partial charge in [-0.1, -0.05) is 37.3 Å². The predicted molar refractivity (Wildman–Crippen MR) is 147 cm³/mol. The number of phenolic OH excluding ortho intramolecular Hbond substituents is 1. The monoisotopic (exact) mass is 570 g/mol. The molecule has 220 valence electrons. The number of carbonyl (C=O) groups is 2. The van der Waals surface area contributed by atoms with Gasteiger partial charge in [0.25, 0.3) is 0 Å². The number of ether oxygens (including phenoxy) is 6. The number of cyclic esters (lactones) is 1. The van der Waals surface area contributed by atoms with Crippen molar-refractivity contribution < 1.29 is 47.5 Å². The van der Waals surface area contributed by atoms with Crippen LogP contribution in [0.2, 0.25) is 0 Å². The van der Waals surface area contributed by atoms with Gasteiger partial charge in [0.2, 0.25) is 0 Å². The maximum absolute atomic E-state index is 16.0. The van der Waals surface area contributed by atoms with Crippen molar-refractivity contribution in [1.82, 2.24) is 0 Å². The molecule has 2 aromatic rings. The lowest BCUT2D eigenvalue weighted by atomic mass is 9.98. The zero-order valence-corrected chi connectivity index (χ0v) is 23.7. The number of hydrogen-bond acceptors (Lipinski definition) is 9. The van der Waals surface area contributed by atoms with Gasteiger partial charge in [0, 0.05) is 19.1 Å². The first-order chi connectivity index (χ1) is 19.5. The lowest BCUT2D eigenvalue weighted by molar-refractivity contribution is -0.154. The van der Waals surface area contributed by atoms with Gasteiger partial charge in [-0.3, -0.25) is 0 Å². The molecule has 2 aromatic carbocycles. The lowest BCUT2D eigenvalue weighted by Crippen LogP contribution is -2.39. The third-order valence-electron chi connectivity index (χ3n) is 6.81. The highest BCUT2D eigenvalue weighted by Gasteiger charge is 2.48. The Hall–Kier alpha value is -3.73. The van der Waals surface area contributed by atoms with Gasteiger partial charge in [-0.2, -0.15) is 0 Å². The van der Waals surface area contributed by atoms with E-state index in [0.717, 1.165) is 0 Å². The average molecular weight is 571 g/mol. The highest BCUT2D eigenvalue weighted by Crippen LogP contribution is 2.37. The van der Waals surface area contributed by atoms with Crippen LogP contribution in [0.25, 0.3) is 6.08 Å². The maximum Gasteiger partial charge on any atom is 0.342 e. The molecule has 0 aliphatic carbocycles. The molecule has 0 bridgehead atoms. The van der Waals surface area contributed by atoms with Gasteiger partial charge in [-0.15, -0.1) is 0 Å². The molecule has 1 saturated heterocycles. The Balaban J connectivity index is 1.77. The number of methoxy groups -OCH3 is 1. The summed E-state index contributed by atoms with van der Waals surface area (Å²) in [4.78, 5) is 26.4. The van der Waals surface area contributed by atoms with Crippen LogP contribution in [0.15, 0.2) is 60.4 Å². The van der Waals surface area contributed by atoms with Crippen LogP contribution in [0.5, 0.6) is 11.5 Å². The van der Waals surface area contributed by atoms with Crippen LogP contribution in [-0.2, 0) is 23.7 Å². The number of aromatic hydroxyl groups is 1. The number of benzene rings is 2. The van der Waals surface area contributed by atoms with E-state index in [1.54, 1.807) is 70.2 Å². The maximum atomic E-state index is 16.0. The molecule has 0 amide bonds. The summed E-state index contributed by atoms with van der Waals surface area (Å²) in [5.74, 6) is -3.99. The Morgan fingerprint density at radius 2 is 1.88 bits per heavy atom. The van der Waals surface area contributed by atoms with E-state index < -0.39 is 53.9 Å². The molecule has 1 N–H and O–H groups in total. The standard InChI is InChI=1S/C31H35FO9/c1-18-14-23(32)27(39-29(34)20-10-7-6-8-11-20)28-24(40-31(3,4)41-28)13-9-12-21-15-22(33)16-25(37-17-36-5)26(21)30(35)38-19(18)2/h6-12,14-16,18-19,24,27-28,33H,13,17H2,1-5H3/t18-,19+,24?,27?,28?/m1/s1. The van der Waals surface area contributed by atoms with Gasteiger partial charge in [0.15, 0.2) is 18.7 Å². The largest absolute Gasteiger partial charge is 0.508 e. The van der Waals surface area contributed by atoms with Crippen LogP contribution in [0.3, 0.4) is 0 Å². The van der Waals surface area contributed by atoms with Crippen LogP contribution in [-0.4, -0.2) is 61.2 Å². The van der Waals surface area contributed by atoms with E-state index in [2.05, 4.69) is 0 Å². The summed E-state index contributed by atoms with van der Waals surface area (Å²) in [6.07, 6.45) is 0.830. The molecule has 0 spiro atoms. The smallest absolute Gasteiger partial charge is 0.342 e. The van der Waals surface area contributed by atoms with E-state index in [-0.39, 0.29) is 35.8 Å². The molecule has 2 aliphatic rings. The minimum absolute atomic E-state index is 0.0671. The van der Waals surface area contributed by atoms with Gasteiger partial charge in [0.05, 0.1) is 11.7 Å². The Bertz CT molecular complexity index is 1300. The summed E-state index contributed by atoms with van der Waals surface area (Å²) in [6, 6.07) is 11.0. The number of esters is 2. The number of hydrogen-bond donors (Lipinski definition) is 1. The van der Waals surface area contributed by atoms with Crippen LogP contribution in [0, 0.1) is 5.92 Å². The fourth-order valence-electron chi connectivity index (χ4n) is 4.69. The molecule has 3 unspecified atom stereocenters. The van der Waals surface area contributed by atoms with Crippen molar-refractivity contribution in [1.29, 1.82) is 0 Å². The molecule has 0 saturated carbocycles. The van der Waals surface area contributed by atoms with E-state index in [4.69, 9.17) is 28.4 Å². The number of carbonyl (C=O) groups excluding carboxylic acids is 2. The summed E-state index contributed by atoms with van der Waals surface area (Å²) in [6.45, 7) is 6.52. The van der Waals surface area contributed by atoms with Gasteiger partial charge in [-0.25, -0.2) is 14.0 Å². The highest BCUT2D eigenvalue weighted by atomic mass is 19.1. The molecule has 4 rings (SSSR count). The van der Waals surface area contributed by atoms with Crippen molar-refractivity contribution in [3.05, 3.63) is 77.1 Å². The minimum atomic E-state index is -1.43. The zero-order valence-electron chi connectivity index (χ0n) is 23.7. The Morgan fingerprint density at radius 3 is 2.59 bits per heavy atom. The Kier molecular flexibility index (Phi) is 9.47. The first kappa shape index (κ1) is 30.2. The van der Waals surface area contributed by atoms with Crippen molar-refractivity contribution in [3.8, 4) is 11.5 Å². The molecule has 0 aromatic heterocycles. The quantitative estimate of drug-likeness (QED) is 0.364. The number of rotatable bonds is 5. The van der Waals surface area contributed by atoms with E-state index in [1.165, 1.54) is 25.3 Å². The summed E-state index contributed by atoms with van der Waals surface area (Å²) in [5, 5.41) is 10.3. The highest BCUT2D eigenvalue weighted by molar-refractivity contribution is 5.97. The fourth-order valence-corrected chi connectivity index (χ4v) is 4.69. The molecular weight excluding hydrogens is 535 g/mol. The van der Waals surface area contributed by atoms with Crippen molar-refractivity contribution in [2.24, 2.45) is 5.92 Å². The molecule has 9 nitrogen and oxygen atoms in total. The molecule has 41 heavy (non-hydrogen) atoms. The molecule has 1 fully saturated rings. The summed E-state index contributed by atoms with van der Waals surface area (Å²) in [5.41, 5.74) is 0.668. The van der Waals surface area contributed by atoms with Gasteiger partial charge in [0.1, 0.15) is 35.1 Å². The molecule has 2 aliphatic heterocycles. The van der Waals surface area contributed by atoms with Gasteiger partial charge >= 0.3 is 11.9 Å². The number of fused-ring (bicyclic) bond motifs is 2. The Labute approximate surface area is 238 Å². The van der Waals surface area contributed by atoms with Crippen molar-refractivity contribution in [2.45, 2.75) is 64.3 Å². The Morgan fingerprint density at radius 1 is 1.15 bits per heavy atom. The SMILES string of the molecule is COCOc1cc(O)cc2c1C(=O)O[C@@H](C)[C@H](C)C=C(F)C(OC(=O)c1ccccc1)C1OC(C)(C)OC1CC=C2. The van der Waals surface area contributed by atoms with E-state index in [1.807, 2.05) is 0 Å². The molecule has 0 radical (unpaired) electrons. The third-order valence-corrected chi connectivity index (χ3v) is 6.81. The van der Waals surface area contributed by atoms with Crippen molar-refractivity contribution in [3.63, 3.8) is 0 Å². The third kappa shape index (κ3) is 7.32. The zero-order chi connectivity index (χ0) is 29.7. The van der Waals surface area contributed by atoms with Crippen LogP contribution in [0.1, 0.15) is 60.4 Å². The first-order valence-corrected chi connectivity index (χ1v) is 13.3. The van der Waals surface area contributed by atoms with Gasteiger partial charge < -0.3 is 33.5 Å². The summed E-state index contributed by atoms with van der Waals surface area (Å²) in [7, 11) is 1.43.